The molecule has 0 unspecified atom stereocenters. The van der Waals surface area contributed by atoms with Crippen molar-refractivity contribution in [1.29, 1.82) is 0 Å². The molecule has 0 radical (unpaired) electrons. The molecule has 24 heavy (non-hydrogen) atoms. The molecular weight excluding hydrogens is 409 g/mol. The number of benzene rings is 2. The van der Waals surface area contributed by atoms with Crippen molar-refractivity contribution < 1.29 is 9.90 Å². The third kappa shape index (κ3) is 3.41. The molecule has 0 aromatic heterocycles. The number of phenolic OH excluding ortho intramolecular Hbond substituents is 1. The fourth-order valence-electron chi connectivity index (χ4n) is 2.14. The molecule has 1 aliphatic heterocycles. The van der Waals surface area contributed by atoms with Crippen LogP contribution in [0.5, 0.6) is 5.75 Å². The maximum atomic E-state index is 12.7. The summed E-state index contributed by atoms with van der Waals surface area (Å²) in [5, 5.41) is 11.0. The Kier molecular flexibility index (Phi) is 5.08. The van der Waals surface area contributed by atoms with Gasteiger partial charge in [-0.05, 0) is 36.4 Å². The molecule has 1 fully saturated rings. The van der Waals surface area contributed by atoms with Crippen LogP contribution in [0.4, 0.5) is 5.69 Å². The second-order valence-electron chi connectivity index (χ2n) is 4.82. The van der Waals surface area contributed by atoms with Gasteiger partial charge in [0.05, 0.1) is 15.6 Å². The Labute approximate surface area is 162 Å². The number of hydrogen-bond acceptors (Lipinski definition) is 4. The van der Waals surface area contributed by atoms with Gasteiger partial charge in [0.1, 0.15) is 5.75 Å². The smallest absolute Gasteiger partial charge is 0.270 e. The number of anilines is 1. The number of rotatable bonds is 2. The molecule has 2 aromatic carbocycles. The molecule has 1 aliphatic rings. The summed E-state index contributed by atoms with van der Waals surface area (Å²) in [7, 11) is 0. The molecule has 0 atom stereocenters. The number of carbonyl (C=O) groups is 1. The second kappa shape index (κ2) is 6.94. The SMILES string of the molecule is O=C1/C(=C\c2cc(Cl)cc(Cl)c2O)SC(=S)N1c1cccc(Cl)c1. The molecule has 0 saturated carbocycles. The van der Waals surface area contributed by atoms with Crippen LogP contribution in [0.15, 0.2) is 41.3 Å². The number of carbonyl (C=O) groups excluding carboxylic acids is 1. The number of thiocarbonyl (C=S) groups is 1. The number of hydrogen-bond donors (Lipinski definition) is 1. The maximum absolute atomic E-state index is 12.7. The normalized spacial score (nSPS) is 16.3. The number of amides is 1. The lowest BCUT2D eigenvalue weighted by Gasteiger charge is -2.14. The van der Waals surface area contributed by atoms with Crippen molar-refractivity contribution in [2.24, 2.45) is 0 Å². The van der Waals surface area contributed by atoms with Crippen LogP contribution in [0.25, 0.3) is 6.08 Å². The van der Waals surface area contributed by atoms with Gasteiger partial charge >= 0.3 is 0 Å². The van der Waals surface area contributed by atoms with Gasteiger partial charge in [-0.1, -0.05) is 64.8 Å². The third-order valence-electron chi connectivity index (χ3n) is 3.20. The topological polar surface area (TPSA) is 40.5 Å². The summed E-state index contributed by atoms with van der Waals surface area (Å²) in [6, 6.07) is 9.80. The number of nitrogens with zero attached hydrogens (tertiary/aromatic N) is 1. The van der Waals surface area contributed by atoms with Crippen molar-refractivity contribution in [3.63, 3.8) is 0 Å². The first kappa shape index (κ1) is 17.6. The van der Waals surface area contributed by atoms with Crippen molar-refractivity contribution in [1.82, 2.24) is 0 Å². The summed E-state index contributed by atoms with van der Waals surface area (Å²) in [6.07, 6.45) is 1.51. The summed E-state index contributed by atoms with van der Waals surface area (Å²) >= 11 is 24.2. The van der Waals surface area contributed by atoms with E-state index in [2.05, 4.69) is 0 Å². The largest absolute Gasteiger partial charge is 0.506 e. The van der Waals surface area contributed by atoms with Crippen LogP contribution in [0.3, 0.4) is 0 Å². The fraction of sp³-hybridized carbons (Fsp3) is 0. The van der Waals surface area contributed by atoms with Crippen LogP contribution >= 0.6 is 58.8 Å². The minimum Gasteiger partial charge on any atom is -0.506 e. The van der Waals surface area contributed by atoms with E-state index < -0.39 is 0 Å². The molecule has 122 valence electrons. The monoisotopic (exact) mass is 415 g/mol. The fourth-order valence-corrected chi connectivity index (χ4v) is 4.13. The van der Waals surface area contributed by atoms with E-state index in [1.165, 1.54) is 23.1 Å². The average molecular weight is 417 g/mol. The Bertz CT molecular complexity index is 899. The lowest BCUT2D eigenvalue weighted by molar-refractivity contribution is -0.113. The van der Waals surface area contributed by atoms with E-state index in [-0.39, 0.29) is 16.7 Å². The molecule has 2 aromatic rings. The van der Waals surface area contributed by atoms with E-state index in [1.54, 1.807) is 24.3 Å². The van der Waals surface area contributed by atoms with E-state index in [0.717, 1.165) is 11.8 Å². The van der Waals surface area contributed by atoms with Gasteiger partial charge in [-0.3, -0.25) is 9.69 Å². The van der Waals surface area contributed by atoms with Crippen LogP contribution in [-0.4, -0.2) is 15.3 Å². The summed E-state index contributed by atoms with van der Waals surface area (Å²) in [4.78, 5) is 14.4. The van der Waals surface area contributed by atoms with E-state index in [1.807, 2.05) is 0 Å². The number of thioether (sulfide) groups is 1. The molecule has 1 heterocycles. The van der Waals surface area contributed by atoms with Crippen LogP contribution in [-0.2, 0) is 4.79 Å². The van der Waals surface area contributed by atoms with Crippen molar-refractivity contribution >= 4 is 80.8 Å². The summed E-state index contributed by atoms with van der Waals surface area (Å²) < 4.78 is 0.376. The highest BCUT2D eigenvalue weighted by atomic mass is 35.5. The molecular formula is C16H8Cl3NO2S2. The zero-order valence-corrected chi connectivity index (χ0v) is 15.7. The Morgan fingerprint density at radius 2 is 1.88 bits per heavy atom. The van der Waals surface area contributed by atoms with Gasteiger partial charge in [0.2, 0.25) is 0 Å². The van der Waals surface area contributed by atoms with Crippen LogP contribution in [0.2, 0.25) is 15.1 Å². The Morgan fingerprint density at radius 3 is 2.58 bits per heavy atom. The lowest BCUT2D eigenvalue weighted by Crippen LogP contribution is -2.27. The first-order valence-electron chi connectivity index (χ1n) is 6.58. The van der Waals surface area contributed by atoms with Crippen molar-refractivity contribution in [2.45, 2.75) is 0 Å². The van der Waals surface area contributed by atoms with E-state index in [0.29, 0.717) is 30.5 Å². The van der Waals surface area contributed by atoms with Crippen LogP contribution < -0.4 is 4.90 Å². The van der Waals surface area contributed by atoms with E-state index >= 15 is 0 Å². The Balaban J connectivity index is 2.00. The molecule has 0 bridgehead atoms. The van der Waals surface area contributed by atoms with Gasteiger partial charge < -0.3 is 5.11 Å². The van der Waals surface area contributed by atoms with Crippen molar-refractivity contribution in [3.05, 3.63) is 61.9 Å². The predicted octanol–water partition coefficient (Wildman–Crippen LogP) is 5.76. The summed E-state index contributed by atoms with van der Waals surface area (Å²) in [5.74, 6) is -0.447. The van der Waals surface area contributed by atoms with Gasteiger partial charge in [-0.2, -0.15) is 0 Å². The Hall–Kier alpha value is -1.24. The van der Waals surface area contributed by atoms with Gasteiger partial charge in [-0.15, -0.1) is 0 Å². The summed E-state index contributed by atoms with van der Waals surface area (Å²) in [5.41, 5.74) is 0.931. The van der Waals surface area contributed by atoms with E-state index in [4.69, 9.17) is 47.0 Å². The molecule has 3 nitrogen and oxygen atoms in total. The lowest BCUT2D eigenvalue weighted by atomic mass is 10.2. The van der Waals surface area contributed by atoms with Crippen molar-refractivity contribution in [2.75, 3.05) is 4.90 Å². The summed E-state index contributed by atoms with van der Waals surface area (Å²) in [6.45, 7) is 0. The first-order valence-corrected chi connectivity index (χ1v) is 8.94. The quantitative estimate of drug-likeness (QED) is 0.499. The van der Waals surface area contributed by atoms with Crippen molar-refractivity contribution in [3.8, 4) is 5.75 Å². The van der Waals surface area contributed by atoms with Gasteiger partial charge in [0.15, 0.2) is 4.32 Å². The molecule has 0 spiro atoms. The number of aromatic hydroxyl groups is 1. The third-order valence-corrected chi connectivity index (χ3v) is 5.25. The number of halogens is 3. The average Bonchev–Trinajstić information content (AvgIpc) is 2.78. The van der Waals surface area contributed by atoms with E-state index in [9.17, 15) is 9.90 Å². The first-order chi connectivity index (χ1) is 11.4. The molecule has 0 aliphatic carbocycles. The highest BCUT2D eigenvalue weighted by Crippen LogP contribution is 2.39. The zero-order valence-electron chi connectivity index (χ0n) is 11.8. The van der Waals surface area contributed by atoms with Gasteiger partial charge in [-0.25, -0.2) is 0 Å². The van der Waals surface area contributed by atoms with Gasteiger partial charge in [0.25, 0.3) is 5.91 Å². The predicted molar refractivity (Wildman–Crippen MR) is 105 cm³/mol. The Morgan fingerprint density at radius 1 is 1.12 bits per heavy atom. The zero-order chi connectivity index (χ0) is 17.4. The maximum Gasteiger partial charge on any atom is 0.270 e. The minimum absolute atomic E-state index is 0.110. The van der Waals surface area contributed by atoms with Gasteiger partial charge in [0, 0.05) is 15.6 Å². The van der Waals surface area contributed by atoms with Crippen LogP contribution in [0, 0.1) is 0 Å². The standard InChI is InChI=1S/C16H8Cl3NO2S2/c17-9-2-1-3-11(6-9)20-15(22)13(24-16(20)23)5-8-4-10(18)7-12(19)14(8)21/h1-7,21H/b13-5+. The van der Waals surface area contributed by atoms with Crippen LogP contribution in [0.1, 0.15) is 5.56 Å². The molecule has 1 saturated heterocycles. The second-order valence-corrected chi connectivity index (χ2v) is 7.78. The highest BCUT2D eigenvalue weighted by molar-refractivity contribution is 8.27. The molecule has 3 rings (SSSR count). The molecule has 8 heteroatoms. The highest BCUT2D eigenvalue weighted by Gasteiger charge is 2.33. The minimum atomic E-state index is -0.303. The number of phenols is 1. The molecule has 1 N–H and O–H groups in total. The molecule has 1 amide bonds.